The maximum atomic E-state index is 2.66. The molecule has 0 bridgehead atoms. The van der Waals surface area contributed by atoms with E-state index in [2.05, 4.69) is 118 Å². The Morgan fingerprint density at radius 3 is 1.76 bits per heavy atom. The number of unbranched alkanes of at least 4 members (excludes halogenated alkanes) is 10. The average Bonchev–Trinajstić information content (AvgIpc) is 2.97. The molecular formula is C38H59N3+2. The monoisotopic (exact) mass is 557 g/mol. The topological polar surface area (TPSA) is 7.12 Å². The quantitative estimate of drug-likeness (QED) is 0.0762. The number of fused-ring (bicyclic) bond motifs is 1. The maximum absolute atomic E-state index is 2.66. The van der Waals surface area contributed by atoms with Crippen molar-refractivity contribution in [2.45, 2.75) is 97.4 Å². The fourth-order valence-corrected chi connectivity index (χ4v) is 5.42. The molecule has 0 saturated heterocycles. The van der Waals surface area contributed by atoms with Crippen molar-refractivity contribution in [3.05, 3.63) is 72.1 Å². The van der Waals surface area contributed by atoms with E-state index < -0.39 is 0 Å². The van der Waals surface area contributed by atoms with Crippen LogP contribution < -0.4 is 9.47 Å². The average molecular weight is 558 g/mol. The minimum atomic E-state index is 0.981. The lowest BCUT2D eigenvalue weighted by atomic mass is 10.0. The highest BCUT2D eigenvalue weighted by molar-refractivity contribution is 5.88. The van der Waals surface area contributed by atoms with Gasteiger partial charge in [0.25, 0.3) is 0 Å². The molecule has 0 aliphatic carbocycles. The van der Waals surface area contributed by atoms with E-state index >= 15 is 0 Å². The molecular weight excluding hydrogens is 498 g/mol. The molecule has 0 fully saturated rings. The Morgan fingerprint density at radius 1 is 0.610 bits per heavy atom. The van der Waals surface area contributed by atoms with Crippen LogP contribution in [0.4, 0.5) is 5.69 Å². The summed E-state index contributed by atoms with van der Waals surface area (Å²) in [5.41, 5.74) is 3.88. The van der Waals surface area contributed by atoms with Crippen LogP contribution in [0.1, 0.15) is 102 Å². The Morgan fingerprint density at radius 2 is 1.15 bits per heavy atom. The summed E-state index contributed by atoms with van der Waals surface area (Å²) in [6.07, 6.45) is 25.1. The normalized spacial score (nSPS) is 12.0. The van der Waals surface area contributed by atoms with Crippen molar-refractivity contribution in [1.29, 1.82) is 0 Å². The number of nitrogens with zero attached hydrogens (tertiary/aromatic N) is 3. The Balaban J connectivity index is 1.62. The van der Waals surface area contributed by atoms with Crippen LogP contribution in [-0.4, -0.2) is 45.3 Å². The van der Waals surface area contributed by atoms with Gasteiger partial charge in [0, 0.05) is 30.9 Å². The number of rotatable bonds is 20. The Bertz CT molecular complexity index is 1140. The van der Waals surface area contributed by atoms with Crippen molar-refractivity contribution in [1.82, 2.24) is 0 Å². The lowest BCUT2D eigenvalue weighted by Crippen LogP contribution is -2.45. The third kappa shape index (κ3) is 12.8. The lowest BCUT2D eigenvalue weighted by Gasteiger charge is -2.25. The minimum Gasteiger partial charge on any atom is -0.372 e. The molecule has 3 nitrogen and oxygen atoms in total. The van der Waals surface area contributed by atoms with E-state index in [1.807, 2.05) is 0 Å². The first-order valence-electron chi connectivity index (χ1n) is 16.6. The van der Waals surface area contributed by atoms with E-state index in [9.17, 15) is 0 Å². The van der Waals surface area contributed by atoms with Gasteiger partial charge in [-0.15, -0.1) is 0 Å². The largest absolute Gasteiger partial charge is 0.372 e. The van der Waals surface area contributed by atoms with Crippen molar-refractivity contribution >= 4 is 28.6 Å². The number of anilines is 1. The molecule has 1 heterocycles. The number of aromatic nitrogens is 1. The molecule has 0 spiro atoms. The van der Waals surface area contributed by atoms with E-state index in [1.54, 1.807) is 0 Å². The molecule has 3 heteroatoms. The molecule has 0 aliphatic heterocycles. The van der Waals surface area contributed by atoms with Crippen molar-refractivity contribution in [3.8, 4) is 0 Å². The van der Waals surface area contributed by atoms with Gasteiger partial charge in [0.05, 0.1) is 21.1 Å². The van der Waals surface area contributed by atoms with Crippen molar-refractivity contribution in [3.63, 3.8) is 0 Å². The maximum Gasteiger partial charge on any atom is 0.196 e. The molecule has 3 aromatic rings. The van der Waals surface area contributed by atoms with Crippen molar-refractivity contribution in [2.75, 3.05) is 45.7 Å². The Hall–Kier alpha value is -2.65. The fraction of sp³-hybridized carbons (Fsp3) is 0.553. The van der Waals surface area contributed by atoms with Crippen LogP contribution in [0.5, 0.6) is 0 Å². The van der Waals surface area contributed by atoms with Crippen LogP contribution in [0.2, 0.25) is 0 Å². The molecule has 0 unspecified atom stereocenters. The zero-order valence-electron chi connectivity index (χ0n) is 27.1. The van der Waals surface area contributed by atoms with Gasteiger partial charge in [0.15, 0.2) is 18.9 Å². The number of hydrogen-bond acceptors (Lipinski definition) is 1. The molecule has 1 aromatic heterocycles. The number of pyridine rings is 1. The van der Waals surface area contributed by atoms with E-state index in [-0.39, 0.29) is 0 Å². The van der Waals surface area contributed by atoms with Gasteiger partial charge in [-0.25, -0.2) is 0 Å². The molecule has 0 N–H and O–H groups in total. The number of quaternary nitrogens is 1. The van der Waals surface area contributed by atoms with Gasteiger partial charge in [-0.3, -0.25) is 0 Å². The van der Waals surface area contributed by atoms with Crippen LogP contribution >= 0.6 is 0 Å². The summed E-state index contributed by atoms with van der Waals surface area (Å²) < 4.78 is 3.26. The second-order valence-corrected chi connectivity index (χ2v) is 13.0. The molecule has 0 radical (unpaired) electrons. The smallest absolute Gasteiger partial charge is 0.196 e. The molecule has 0 aliphatic rings. The second-order valence-electron chi connectivity index (χ2n) is 13.0. The third-order valence-corrected chi connectivity index (χ3v) is 8.19. The van der Waals surface area contributed by atoms with E-state index in [0.717, 1.165) is 17.6 Å². The van der Waals surface area contributed by atoms with Crippen molar-refractivity contribution < 1.29 is 9.05 Å². The third-order valence-electron chi connectivity index (χ3n) is 8.19. The van der Waals surface area contributed by atoms with Crippen LogP contribution in [-0.2, 0) is 6.54 Å². The number of benzene rings is 2. The first-order valence-corrected chi connectivity index (χ1v) is 16.6. The van der Waals surface area contributed by atoms with Crippen molar-refractivity contribution in [2.24, 2.45) is 0 Å². The molecule has 224 valence electrons. The molecule has 0 atom stereocenters. The first kappa shape index (κ1) is 32.9. The first-order chi connectivity index (χ1) is 19.9. The Labute approximate surface area is 252 Å². The summed E-state index contributed by atoms with van der Waals surface area (Å²) in [4.78, 5) is 2.66. The summed E-state index contributed by atoms with van der Waals surface area (Å²) in [6, 6.07) is 18.4. The summed E-state index contributed by atoms with van der Waals surface area (Å²) in [7, 11) is 6.72. The van der Waals surface area contributed by atoms with E-state index in [1.165, 1.54) is 118 Å². The summed E-state index contributed by atoms with van der Waals surface area (Å²) >= 11 is 0. The van der Waals surface area contributed by atoms with Gasteiger partial charge >= 0.3 is 0 Å². The second kappa shape index (κ2) is 18.0. The van der Waals surface area contributed by atoms with Crippen LogP contribution in [0.25, 0.3) is 22.9 Å². The molecule has 2 aromatic carbocycles. The highest BCUT2D eigenvalue weighted by Gasteiger charge is 2.11. The standard InChI is InChI=1S/C38H59N3/c1-6-8-10-12-14-16-26-40(27-17-15-13-11-9-7-2)38-23-22-36-32-35(20-21-37(36)33-38)19-18-34-24-28-39(29-25-34)30-31-41(3,4)5/h18-25,28-29,32-33H,6-17,26-27,30-31H2,1-5H3/q+2. The number of hydrogen-bond donors (Lipinski definition) is 0. The van der Waals surface area contributed by atoms with Crippen LogP contribution in [0.3, 0.4) is 0 Å². The summed E-state index contributed by atoms with van der Waals surface area (Å²) in [5, 5.41) is 2.66. The van der Waals surface area contributed by atoms with Gasteiger partial charge < -0.3 is 9.38 Å². The van der Waals surface area contributed by atoms with Gasteiger partial charge in [-0.1, -0.05) is 108 Å². The minimum absolute atomic E-state index is 0.981. The molecule has 3 rings (SSSR count). The SMILES string of the molecule is CCCCCCCCN(CCCCCCCC)c1ccc2cc(/C=C/c3cc[n+](CC[N+](C)(C)C)cc3)ccc2c1. The number of likely N-dealkylation sites (N-methyl/N-ethyl adjacent to an activating group) is 1. The molecule has 41 heavy (non-hydrogen) atoms. The zero-order valence-corrected chi connectivity index (χ0v) is 27.1. The predicted octanol–water partition coefficient (Wildman–Crippen LogP) is 9.53. The van der Waals surface area contributed by atoms with Gasteiger partial charge in [-0.2, -0.15) is 4.57 Å². The van der Waals surface area contributed by atoms with Crippen LogP contribution in [0, 0.1) is 0 Å². The summed E-state index contributed by atoms with van der Waals surface area (Å²) in [5.74, 6) is 0. The summed E-state index contributed by atoms with van der Waals surface area (Å²) in [6.45, 7) is 9.12. The van der Waals surface area contributed by atoms with E-state index in [4.69, 9.17) is 0 Å². The highest BCUT2D eigenvalue weighted by atomic mass is 15.3. The lowest BCUT2D eigenvalue weighted by molar-refractivity contribution is -0.892. The zero-order chi connectivity index (χ0) is 29.3. The fourth-order valence-electron chi connectivity index (χ4n) is 5.42. The van der Waals surface area contributed by atoms with E-state index in [0.29, 0.717) is 0 Å². The predicted molar refractivity (Wildman–Crippen MR) is 181 cm³/mol. The van der Waals surface area contributed by atoms with Gasteiger partial charge in [0.2, 0.25) is 0 Å². The van der Waals surface area contributed by atoms with Gasteiger partial charge in [0.1, 0.15) is 6.54 Å². The molecule has 0 amide bonds. The van der Waals surface area contributed by atoms with Gasteiger partial charge in [-0.05, 0) is 52.9 Å². The Kier molecular flexibility index (Phi) is 14.4. The highest BCUT2D eigenvalue weighted by Crippen LogP contribution is 2.25. The molecule has 0 saturated carbocycles. The van der Waals surface area contributed by atoms with Crippen LogP contribution in [0.15, 0.2) is 60.9 Å².